The van der Waals surface area contributed by atoms with Crippen LogP contribution in [0.5, 0.6) is 11.5 Å². The van der Waals surface area contributed by atoms with Crippen molar-refractivity contribution in [3.63, 3.8) is 0 Å². The van der Waals surface area contributed by atoms with Gasteiger partial charge in [0.05, 0.1) is 12.5 Å². The third-order valence-electron chi connectivity index (χ3n) is 4.86. The lowest BCUT2D eigenvalue weighted by molar-refractivity contribution is -0.152. The molecule has 0 aromatic heterocycles. The van der Waals surface area contributed by atoms with Gasteiger partial charge in [-0.15, -0.1) is 0 Å². The Bertz CT molecular complexity index is 737. The Labute approximate surface area is 176 Å². The first-order valence-corrected chi connectivity index (χ1v) is 10.5. The summed E-state index contributed by atoms with van der Waals surface area (Å²) in [6, 6.07) is 3.81. The van der Waals surface area contributed by atoms with Crippen LogP contribution in [0.3, 0.4) is 0 Å². The largest absolute Gasteiger partial charge is 0.508 e. The summed E-state index contributed by atoms with van der Waals surface area (Å²) in [7, 11) is 1.38. The summed E-state index contributed by atoms with van der Waals surface area (Å²) in [5.74, 6) is 0.567. The van der Waals surface area contributed by atoms with Crippen molar-refractivity contribution < 1.29 is 19.4 Å². The van der Waals surface area contributed by atoms with E-state index in [1.807, 2.05) is 12.1 Å². The summed E-state index contributed by atoms with van der Waals surface area (Å²) in [6.45, 7) is 12.2. The molecule has 0 heterocycles. The van der Waals surface area contributed by atoms with Crippen molar-refractivity contribution in [3.8, 4) is 11.5 Å². The minimum Gasteiger partial charge on any atom is -0.508 e. The van der Waals surface area contributed by atoms with Crippen molar-refractivity contribution in [2.24, 2.45) is 5.41 Å². The summed E-state index contributed by atoms with van der Waals surface area (Å²) >= 11 is 0. The van der Waals surface area contributed by atoms with Crippen LogP contribution >= 0.6 is 0 Å². The summed E-state index contributed by atoms with van der Waals surface area (Å²) in [4.78, 5) is 12.0. The number of aromatic hydroxyl groups is 1. The zero-order chi connectivity index (χ0) is 22.0. The van der Waals surface area contributed by atoms with Gasteiger partial charge in [0.25, 0.3) is 0 Å². The Hall–Kier alpha value is -2.23. The molecular formula is C25H38O4. The fraction of sp³-hybridized carbons (Fsp3) is 0.560. The summed E-state index contributed by atoms with van der Waals surface area (Å²) in [6.07, 6.45) is 8.82. The Kier molecular flexibility index (Phi) is 10.0. The first-order chi connectivity index (χ1) is 13.6. The molecule has 0 bridgehead atoms. The van der Waals surface area contributed by atoms with Gasteiger partial charge in [-0.05, 0) is 78.0 Å². The minimum atomic E-state index is -0.765. The normalized spacial score (nSPS) is 11.9. The van der Waals surface area contributed by atoms with Crippen LogP contribution in [0.4, 0.5) is 0 Å². The number of ether oxygens (including phenoxy) is 2. The molecule has 4 nitrogen and oxygen atoms in total. The van der Waals surface area contributed by atoms with E-state index in [1.165, 1.54) is 18.3 Å². The van der Waals surface area contributed by atoms with Gasteiger partial charge in [-0.3, -0.25) is 4.79 Å². The Balaban J connectivity index is 3.05. The number of allylic oxidation sites excluding steroid dienone is 4. The van der Waals surface area contributed by atoms with Gasteiger partial charge in [0.15, 0.2) is 0 Å². The van der Waals surface area contributed by atoms with E-state index < -0.39 is 5.41 Å². The van der Waals surface area contributed by atoms with Crippen LogP contribution in [0.1, 0.15) is 71.9 Å². The molecule has 29 heavy (non-hydrogen) atoms. The Morgan fingerprint density at radius 3 is 2.45 bits per heavy atom. The second-order valence-electron chi connectivity index (χ2n) is 8.58. The molecule has 0 spiro atoms. The molecule has 0 aliphatic heterocycles. The van der Waals surface area contributed by atoms with E-state index in [2.05, 4.69) is 39.8 Å². The van der Waals surface area contributed by atoms with Crippen LogP contribution in [-0.4, -0.2) is 24.8 Å². The molecule has 0 atom stereocenters. The van der Waals surface area contributed by atoms with E-state index in [0.29, 0.717) is 12.2 Å². The number of carbonyl (C=O) groups excluding carboxylic acids is 1. The number of phenolic OH excluding ortho intramolecular Hbond substituents is 1. The quantitative estimate of drug-likeness (QED) is 0.356. The van der Waals surface area contributed by atoms with Gasteiger partial charge >= 0.3 is 5.97 Å². The van der Waals surface area contributed by atoms with Crippen molar-refractivity contribution in [2.75, 3.05) is 13.7 Å². The second-order valence-corrected chi connectivity index (χ2v) is 8.58. The van der Waals surface area contributed by atoms with Crippen molar-refractivity contribution in [2.45, 2.75) is 73.6 Å². The highest BCUT2D eigenvalue weighted by Gasteiger charge is 2.30. The Morgan fingerprint density at radius 2 is 1.86 bits per heavy atom. The van der Waals surface area contributed by atoms with Crippen molar-refractivity contribution in [1.29, 1.82) is 0 Å². The van der Waals surface area contributed by atoms with Crippen LogP contribution in [0.2, 0.25) is 0 Å². The first-order valence-electron chi connectivity index (χ1n) is 10.5. The molecule has 1 rings (SSSR count). The molecule has 0 radical (unpaired) electrons. The molecule has 1 aromatic carbocycles. The highest BCUT2D eigenvalue weighted by Crippen LogP contribution is 2.33. The third-order valence-corrected chi connectivity index (χ3v) is 4.86. The fourth-order valence-corrected chi connectivity index (χ4v) is 3.01. The summed E-state index contributed by atoms with van der Waals surface area (Å²) in [5, 5.41) is 10.6. The van der Waals surface area contributed by atoms with E-state index in [0.717, 1.165) is 36.8 Å². The molecule has 0 aliphatic carbocycles. The van der Waals surface area contributed by atoms with Crippen LogP contribution in [-0.2, 0) is 22.4 Å². The van der Waals surface area contributed by atoms with E-state index >= 15 is 0 Å². The monoisotopic (exact) mass is 402 g/mol. The van der Waals surface area contributed by atoms with Gasteiger partial charge < -0.3 is 14.6 Å². The van der Waals surface area contributed by atoms with Crippen LogP contribution < -0.4 is 4.74 Å². The highest BCUT2D eigenvalue weighted by molar-refractivity contribution is 5.75. The molecule has 0 saturated carbocycles. The zero-order valence-corrected chi connectivity index (χ0v) is 19.2. The number of esters is 1. The average molecular weight is 403 g/mol. The molecule has 0 unspecified atom stereocenters. The van der Waals surface area contributed by atoms with Gasteiger partial charge in [0.1, 0.15) is 18.1 Å². The zero-order valence-electron chi connectivity index (χ0n) is 19.2. The molecule has 0 amide bonds. The maximum absolute atomic E-state index is 12.0. The number of hydrogen-bond donors (Lipinski definition) is 1. The third kappa shape index (κ3) is 8.35. The van der Waals surface area contributed by atoms with E-state index in [9.17, 15) is 9.90 Å². The SMILES string of the molecule is CCCc1cc(O)c(C/C=C(\C)CCC=C(C)C)c(OCC(C)(C)C(=O)OC)c1. The minimum absolute atomic E-state index is 0.185. The van der Waals surface area contributed by atoms with Gasteiger partial charge in [0, 0.05) is 5.56 Å². The van der Waals surface area contributed by atoms with Crippen molar-refractivity contribution in [1.82, 2.24) is 0 Å². The first kappa shape index (κ1) is 24.8. The predicted molar refractivity (Wildman–Crippen MR) is 120 cm³/mol. The maximum Gasteiger partial charge on any atom is 0.314 e. The van der Waals surface area contributed by atoms with E-state index in [1.54, 1.807) is 13.8 Å². The van der Waals surface area contributed by atoms with E-state index in [4.69, 9.17) is 9.47 Å². The standard InChI is InChI=1S/C25H38O4/c1-8-10-20-15-22(26)21(14-13-19(4)12-9-11-18(2)3)23(16-20)29-17-25(5,6)24(27)28-7/h11,13,15-16,26H,8-10,12,14,17H2,1-7H3/b19-13+. The van der Waals surface area contributed by atoms with Crippen molar-refractivity contribution >= 4 is 5.97 Å². The molecule has 1 N–H and O–H groups in total. The lowest BCUT2D eigenvalue weighted by Gasteiger charge is -2.23. The summed E-state index contributed by atoms with van der Waals surface area (Å²) in [5.41, 5.74) is 3.63. The molecule has 4 heteroatoms. The number of carbonyl (C=O) groups is 1. The highest BCUT2D eigenvalue weighted by atomic mass is 16.5. The molecule has 0 saturated heterocycles. The van der Waals surface area contributed by atoms with Crippen LogP contribution in [0, 0.1) is 5.41 Å². The number of aryl methyl sites for hydroxylation is 1. The van der Waals surface area contributed by atoms with Gasteiger partial charge in [-0.1, -0.05) is 36.6 Å². The average Bonchev–Trinajstić information content (AvgIpc) is 2.64. The lowest BCUT2D eigenvalue weighted by atomic mass is 9.95. The smallest absolute Gasteiger partial charge is 0.314 e. The fourth-order valence-electron chi connectivity index (χ4n) is 3.01. The van der Waals surface area contributed by atoms with E-state index in [-0.39, 0.29) is 18.3 Å². The van der Waals surface area contributed by atoms with Gasteiger partial charge in [-0.2, -0.15) is 0 Å². The van der Waals surface area contributed by atoms with Crippen molar-refractivity contribution in [3.05, 3.63) is 46.6 Å². The van der Waals surface area contributed by atoms with Gasteiger partial charge in [-0.25, -0.2) is 0 Å². The number of rotatable bonds is 11. The molecule has 0 aliphatic rings. The molecule has 0 fully saturated rings. The second kappa shape index (κ2) is 11.7. The Morgan fingerprint density at radius 1 is 1.17 bits per heavy atom. The summed E-state index contributed by atoms with van der Waals surface area (Å²) < 4.78 is 10.9. The van der Waals surface area contributed by atoms with Crippen LogP contribution in [0.25, 0.3) is 0 Å². The van der Waals surface area contributed by atoms with Crippen LogP contribution in [0.15, 0.2) is 35.4 Å². The number of phenols is 1. The molecule has 1 aromatic rings. The topological polar surface area (TPSA) is 55.8 Å². The number of hydrogen-bond acceptors (Lipinski definition) is 4. The molecule has 162 valence electrons. The lowest BCUT2D eigenvalue weighted by Crippen LogP contribution is -2.32. The van der Waals surface area contributed by atoms with Gasteiger partial charge in [0.2, 0.25) is 0 Å². The number of methoxy groups -OCH3 is 1. The molecular weight excluding hydrogens is 364 g/mol. The maximum atomic E-state index is 12.0. The predicted octanol–water partition coefficient (Wildman–Crippen LogP) is 6.16. The number of benzene rings is 1.